The summed E-state index contributed by atoms with van der Waals surface area (Å²) in [6, 6.07) is 19.4. The minimum Gasteiger partial charge on any atom is -0.290 e. The van der Waals surface area contributed by atoms with E-state index in [0.717, 1.165) is 16.9 Å². The number of urea groups is 1. The number of anilines is 2. The van der Waals surface area contributed by atoms with Crippen molar-refractivity contribution in [2.75, 3.05) is 22.9 Å². The Hall–Kier alpha value is -2.55. The summed E-state index contributed by atoms with van der Waals surface area (Å²) in [5, 5.41) is 0. The van der Waals surface area contributed by atoms with Crippen LogP contribution in [-0.4, -0.2) is 19.1 Å². The molecule has 3 nitrogen and oxygen atoms in total. The highest BCUT2D eigenvalue weighted by atomic mass is 16.2. The Balaban J connectivity index is 1.94. The molecule has 0 spiro atoms. The highest BCUT2D eigenvalue weighted by Gasteiger charge is 2.29. The number of amides is 2. The fraction of sp³-hybridized carbons (Fsp3) is 0.118. The molecule has 2 aromatic rings. The Bertz CT molecular complexity index is 568. The van der Waals surface area contributed by atoms with E-state index in [1.54, 1.807) is 9.80 Å². The number of carbonyl (C=O) groups excluding carboxylic acids is 1. The maximum absolute atomic E-state index is 12.7. The molecule has 0 aliphatic carbocycles. The summed E-state index contributed by atoms with van der Waals surface area (Å²) in [5.74, 6) is 0. The van der Waals surface area contributed by atoms with Crippen LogP contribution in [0, 0.1) is 0 Å². The smallest absolute Gasteiger partial charge is 0.290 e. The van der Waals surface area contributed by atoms with Crippen molar-refractivity contribution in [1.29, 1.82) is 0 Å². The molecule has 1 fully saturated rings. The molecule has 100 valence electrons. The van der Waals surface area contributed by atoms with Gasteiger partial charge < -0.3 is 0 Å². The van der Waals surface area contributed by atoms with Crippen LogP contribution in [0.5, 0.6) is 0 Å². The molecular formula is C17H16N2O. The molecule has 1 aliphatic heterocycles. The lowest BCUT2D eigenvalue weighted by Crippen LogP contribution is -2.50. The molecule has 0 radical (unpaired) electrons. The van der Waals surface area contributed by atoms with Crippen molar-refractivity contribution in [3.05, 3.63) is 72.8 Å². The van der Waals surface area contributed by atoms with Gasteiger partial charge >= 0.3 is 6.03 Å². The van der Waals surface area contributed by atoms with Crippen LogP contribution < -0.4 is 9.80 Å². The summed E-state index contributed by atoms with van der Waals surface area (Å²) in [6.45, 7) is 5.22. The highest BCUT2D eigenvalue weighted by molar-refractivity contribution is 6.05. The van der Waals surface area contributed by atoms with Crippen molar-refractivity contribution < 1.29 is 4.79 Å². The first-order chi connectivity index (χ1) is 9.75. The zero-order chi connectivity index (χ0) is 13.9. The largest absolute Gasteiger partial charge is 0.329 e. The van der Waals surface area contributed by atoms with Crippen LogP contribution in [0.1, 0.15) is 0 Å². The third-order valence-electron chi connectivity index (χ3n) is 3.36. The van der Waals surface area contributed by atoms with Gasteiger partial charge in [-0.1, -0.05) is 43.0 Å². The van der Waals surface area contributed by atoms with E-state index in [9.17, 15) is 4.79 Å². The van der Waals surface area contributed by atoms with Gasteiger partial charge in [-0.25, -0.2) is 4.79 Å². The minimum absolute atomic E-state index is 0.00481. The average Bonchev–Trinajstić information content (AvgIpc) is 2.51. The van der Waals surface area contributed by atoms with Crippen molar-refractivity contribution in [3.63, 3.8) is 0 Å². The van der Waals surface area contributed by atoms with Crippen LogP contribution in [0.2, 0.25) is 0 Å². The lowest BCUT2D eigenvalue weighted by molar-refractivity contribution is 0.250. The number of benzene rings is 2. The zero-order valence-electron chi connectivity index (χ0n) is 11.2. The van der Waals surface area contributed by atoms with Crippen LogP contribution >= 0.6 is 0 Å². The Morgan fingerprint density at radius 2 is 1.15 bits per heavy atom. The summed E-state index contributed by atoms with van der Waals surface area (Å²) in [4.78, 5) is 16.2. The molecule has 2 amide bonds. The molecular weight excluding hydrogens is 248 g/mol. The molecule has 2 aromatic carbocycles. The second kappa shape index (κ2) is 5.21. The molecule has 1 heterocycles. The quantitative estimate of drug-likeness (QED) is 0.759. The summed E-state index contributed by atoms with van der Waals surface area (Å²) in [5.41, 5.74) is 2.83. The van der Waals surface area contributed by atoms with Gasteiger partial charge in [0.1, 0.15) is 0 Å². The number of carbonyl (C=O) groups is 1. The van der Waals surface area contributed by atoms with Crippen molar-refractivity contribution in [2.45, 2.75) is 0 Å². The van der Waals surface area contributed by atoms with Crippen LogP contribution in [0.15, 0.2) is 72.8 Å². The lowest BCUT2D eigenvalue weighted by atomic mass is 10.1. The number of hydrogen-bond acceptors (Lipinski definition) is 1. The van der Waals surface area contributed by atoms with Gasteiger partial charge in [0.05, 0.1) is 13.1 Å². The SMILES string of the molecule is C=C1CN(c2ccccc2)C(=O)N(c2ccccc2)C1. The van der Waals surface area contributed by atoms with Gasteiger partial charge in [0.15, 0.2) is 0 Å². The predicted octanol–water partition coefficient (Wildman–Crippen LogP) is 3.69. The molecule has 0 saturated carbocycles. The summed E-state index contributed by atoms with van der Waals surface area (Å²) in [7, 11) is 0. The molecule has 1 saturated heterocycles. The van der Waals surface area contributed by atoms with E-state index >= 15 is 0 Å². The standard InChI is InChI=1S/C17H16N2O/c1-14-12-18(15-8-4-2-5-9-15)17(20)19(13-14)16-10-6-3-7-11-16/h2-11H,1,12-13H2. The third-order valence-corrected chi connectivity index (χ3v) is 3.36. The van der Waals surface area contributed by atoms with E-state index < -0.39 is 0 Å². The molecule has 0 N–H and O–H groups in total. The van der Waals surface area contributed by atoms with Crippen LogP contribution in [0.3, 0.4) is 0 Å². The summed E-state index contributed by atoms with van der Waals surface area (Å²) >= 11 is 0. The van der Waals surface area contributed by atoms with Crippen LogP contribution in [0.25, 0.3) is 0 Å². The van der Waals surface area contributed by atoms with Gasteiger partial charge in [0.25, 0.3) is 0 Å². The van der Waals surface area contributed by atoms with Crippen molar-refractivity contribution in [1.82, 2.24) is 0 Å². The van der Waals surface area contributed by atoms with E-state index in [1.807, 2.05) is 60.7 Å². The fourth-order valence-electron chi connectivity index (χ4n) is 2.40. The third kappa shape index (κ3) is 2.30. The van der Waals surface area contributed by atoms with Gasteiger partial charge in [0, 0.05) is 11.4 Å². The van der Waals surface area contributed by atoms with Gasteiger partial charge in [-0.05, 0) is 29.8 Å². The number of hydrogen-bond donors (Lipinski definition) is 0. The number of para-hydroxylation sites is 2. The second-order valence-electron chi connectivity index (χ2n) is 4.88. The summed E-state index contributed by atoms with van der Waals surface area (Å²) < 4.78 is 0. The zero-order valence-corrected chi connectivity index (χ0v) is 11.2. The predicted molar refractivity (Wildman–Crippen MR) is 82.1 cm³/mol. The van der Waals surface area contributed by atoms with Crippen molar-refractivity contribution in [3.8, 4) is 0 Å². The first-order valence-corrected chi connectivity index (χ1v) is 6.61. The monoisotopic (exact) mass is 264 g/mol. The Morgan fingerprint density at radius 3 is 1.55 bits per heavy atom. The van der Waals surface area contributed by atoms with Crippen LogP contribution in [-0.2, 0) is 0 Å². The molecule has 0 bridgehead atoms. The molecule has 1 aliphatic rings. The van der Waals surface area contributed by atoms with Crippen LogP contribution in [0.4, 0.5) is 16.2 Å². The molecule has 20 heavy (non-hydrogen) atoms. The van der Waals surface area contributed by atoms with E-state index in [2.05, 4.69) is 6.58 Å². The fourth-order valence-corrected chi connectivity index (χ4v) is 2.40. The van der Waals surface area contributed by atoms with E-state index in [1.165, 1.54) is 0 Å². The minimum atomic E-state index is -0.00481. The molecule has 3 heteroatoms. The normalized spacial score (nSPS) is 15.6. The first kappa shape index (κ1) is 12.5. The van der Waals surface area contributed by atoms with Crippen molar-refractivity contribution >= 4 is 17.4 Å². The average molecular weight is 264 g/mol. The molecule has 0 atom stereocenters. The van der Waals surface area contributed by atoms with E-state index in [0.29, 0.717) is 13.1 Å². The molecule has 0 aromatic heterocycles. The summed E-state index contributed by atoms with van der Waals surface area (Å²) in [6.07, 6.45) is 0. The second-order valence-corrected chi connectivity index (χ2v) is 4.88. The van der Waals surface area contributed by atoms with E-state index in [-0.39, 0.29) is 6.03 Å². The Kier molecular flexibility index (Phi) is 3.25. The molecule has 3 rings (SSSR count). The van der Waals surface area contributed by atoms with Crippen molar-refractivity contribution in [2.24, 2.45) is 0 Å². The number of rotatable bonds is 2. The van der Waals surface area contributed by atoms with E-state index in [4.69, 9.17) is 0 Å². The number of nitrogens with zero attached hydrogens (tertiary/aromatic N) is 2. The van der Waals surface area contributed by atoms with Gasteiger partial charge in [-0.2, -0.15) is 0 Å². The van der Waals surface area contributed by atoms with Gasteiger partial charge in [-0.3, -0.25) is 9.80 Å². The first-order valence-electron chi connectivity index (χ1n) is 6.61. The Morgan fingerprint density at radius 1 is 0.750 bits per heavy atom. The molecule has 0 unspecified atom stereocenters. The highest BCUT2D eigenvalue weighted by Crippen LogP contribution is 2.25. The maximum Gasteiger partial charge on any atom is 0.329 e. The Labute approximate surface area is 118 Å². The van der Waals surface area contributed by atoms with Gasteiger partial charge in [0.2, 0.25) is 0 Å². The topological polar surface area (TPSA) is 23.6 Å². The lowest BCUT2D eigenvalue weighted by Gasteiger charge is -2.36. The van der Waals surface area contributed by atoms with Gasteiger partial charge in [-0.15, -0.1) is 0 Å². The maximum atomic E-state index is 12.7.